The molecule has 0 unspecified atom stereocenters. The van der Waals surface area contributed by atoms with Crippen molar-refractivity contribution in [1.29, 1.82) is 0 Å². The molecule has 2 heterocycles. The van der Waals surface area contributed by atoms with Gasteiger partial charge in [0, 0.05) is 11.3 Å². The molecule has 8 heteroatoms. The third kappa shape index (κ3) is 5.08. The van der Waals surface area contributed by atoms with Crippen LogP contribution in [0.4, 0.5) is 0 Å². The lowest BCUT2D eigenvalue weighted by molar-refractivity contribution is -0.152. The van der Waals surface area contributed by atoms with Crippen molar-refractivity contribution < 1.29 is 14.3 Å². The van der Waals surface area contributed by atoms with Crippen molar-refractivity contribution in [2.24, 2.45) is 11.0 Å². The second-order valence-electron chi connectivity index (χ2n) is 10.0. The van der Waals surface area contributed by atoms with Gasteiger partial charge in [0.25, 0.3) is 11.5 Å². The van der Waals surface area contributed by atoms with E-state index >= 15 is 0 Å². The maximum absolute atomic E-state index is 13.5. The maximum Gasteiger partial charge on any atom is 0.312 e. The molecule has 0 spiro atoms. The highest BCUT2D eigenvalue weighted by molar-refractivity contribution is 6.08. The Hall–Kier alpha value is -4.85. The number of nitrogens with one attached hydrogen (secondary N) is 1. The van der Waals surface area contributed by atoms with Crippen LogP contribution in [0.15, 0.2) is 100 Å². The Morgan fingerprint density at radius 3 is 2.42 bits per heavy atom. The van der Waals surface area contributed by atoms with Crippen LogP contribution in [0.2, 0.25) is 0 Å². The largest absolute Gasteiger partial charge is 0.455 e. The summed E-state index contributed by atoms with van der Waals surface area (Å²) in [6.45, 7) is -0.440. The number of aromatic nitrogens is 2. The van der Waals surface area contributed by atoms with E-state index in [9.17, 15) is 14.4 Å². The number of hydrogen-bond acceptors (Lipinski definition) is 6. The molecule has 1 amide bonds. The SMILES string of the molecule is O=C(Cc1n[nH]c(=O)c2ccccc12)OCC(=O)N1N=C2/C(=C\c3ccccc3)CCC[C@H]2[C@H]1c1ccccc1. The van der Waals surface area contributed by atoms with Gasteiger partial charge in [-0.1, -0.05) is 78.9 Å². The van der Waals surface area contributed by atoms with E-state index in [1.807, 2.05) is 48.5 Å². The van der Waals surface area contributed by atoms with Gasteiger partial charge in [-0.15, -0.1) is 0 Å². The number of H-pyrrole nitrogens is 1. The topological polar surface area (TPSA) is 105 Å². The van der Waals surface area contributed by atoms with Crippen molar-refractivity contribution in [3.63, 3.8) is 0 Å². The Morgan fingerprint density at radius 2 is 1.65 bits per heavy atom. The Balaban J connectivity index is 1.23. The molecular formula is C32H28N4O4. The summed E-state index contributed by atoms with van der Waals surface area (Å²) in [7, 11) is 0. The average molecular weight is 533 g/mol. The second-order valence-corrected chi connectivity index (χ2v) is 10.0. The van der Waals surface area contributed by atoms with Crippen LogP contribution < -0.4 is 5.56 Å². The van der Waals surface area contributed by atoms with Crippen molar-refractivity contribution in [2.75, 3.05) is 6.61 Å². The molecule has 3 aromatic carbocycles. The third-order valence-corrected chi connectivity index (χ3v) is 7.48. The molecular weight excluding hydrogens is 504 g/mol. The molecule has 1 saturated carbocycles. The van der Waals surface area contributed by atoms with E-state index in [0.717, 1.165) is 41.7 Å². The zero-order valence-electron chi connectivity index (χ0n) is 21.8. The predicted octanol–water partition coefficient (Wildman–Crippen LogP) is 4.83. The van der Waals surface area contributed by atoms with Crippen LogP contribution in [0.5, 0.6) is 0 Å². The third-order valence-electron chi connectivity index (χ3n) is 7.48. The molecule has 6 rings (SSSR count). The number of amides is 1. The van der Waals surface area contributed by atoms with Crippen molar-refractivity contribution in [2.45, 2.75) is 31.7 Å². The van der Waals surface area contributed by atoms with E-state index in [2.05, 4.69) is 28.4 Å². The summed E-state index contributed by atoms with van der Waals surface area (Å²) in [4.78, 5) is 38.3. The minimum Gasteiger partial charge on any atom is -0.455 e. The number of rotatable bonds is 6. The lowest BCUT2D eigenvalue weighted by Crippen LogP contribution is -2.34. The number of hydrogen-bond donors (Lipinski definition) is 1. The summed E-state index contributed by atoms with van der Waals surface area (Å²) in [5.74, 6) is -0.937. The van der Waals surface area contributed by atoms with Gasteiger partial charge in [0.1, 0.15) is 0 Å². The van der Waals surface area contributed by atoms with E-state index in [4.69, 9.17) is 9.84 Å². The molecule has 2 aliphatic rings. The van der Waals surface area contributed by atoms with E-state index in [1.165, 1.54) is 5.01 Å². The molecule has 1 aromatic heterocycles. The van der Waals surface area contributed by atoms with Crippen LogP contribution in [0.3, 0.4) is 0 Å². The van der Waals surface area contributed by atoms with Crippen LogP contribution in [0, 0.1) is 5.92 Å². The number of aromatic amines is 1. The average Bonchev–Trinajstić information content (AvgIpc) is 3.39. The number of hydrazone groups is 1. The van der Waals surface area contributed by atoms with Gasteiger partial charge in [0.2, 0.25) is 0 Å². The van der Waals surface area contributed by atoms with Gasteiger partial charge in [-0.05, 0) is 48.1 Å². The molecule has 1 N–H and O–H groups in total. The van der Waals surface area contributed by atoms with Gasteiger partial charge in [0.15, 0.2) is 6.61 Å². The smallest absolute Gasteiger partial charge is 0.312 e. The van der Waals surface area contributed by atoms with E-state index in [0.29, 0.717) is 16.5 Å². The fourth-order valence-corrected chi connectivity index (χ4v) is 5.64. The maximum atomic E-state index is 13.5. The lowest BCUT2D eigenvalue weighted by Gasteiger charge is -2.29. The fourth-order valence-electron chi connectivity index (χ4n) is 5.64. The number of ether oxygens (including phenoxy) is 1. The molecule has 2 atom stereocenters. The standard InChI is InChI=1S/C32H28N4O4/c37-28(20-40-29(38)19-27-24-15-7-8-16-25(24)32(39)34-33-27)36-31(22-12-5-2-6-13-22)26-17-9-14-23(30(26)35-36)18-21-10-3-1-4-11-21/h1-8,10-13,15-16,18,26,31H,9,14,17,19-20H2,(H,34,39)/b23-18-/t26-,31-/m1/s1. The normalized spacial score (nSPS) is 19.4. The Morgan fingerprint density at radius 1 is 0.950 bits per heavy atom. The number of fused-ring (bicyclic) bond motifs is 2. The van der Waals surface area contributed by atoms with Crippen LogP contribution in [-0.4, -0.2) is 39.4 Å². The summed E-state index contributed by atoms with van der Waals surface area (Å²) in [5.41, 5.74) is 4.21. The number of esters is 1. The molecule has 1 aliphatic carbocycles. The van der Waals surface area contributed by atoms with Crippen molar-refractivity contribution in [1.82, 2.24) is 15.2 Å². The number of benzene rings is 3. The van der Waals surface area contributed by atoms with Crippen molar-refractivity contribution in [3.05, 3.63) is 118 Å². The Bertz CT molecular complexity index is 1680. The first-order chi connectivity index (χ1) is 19.6. The molecule has 200 valence electrons. The highest BCUT2D eigenvalue weighted by atomic mass is 16.5. The molecule has 0 radical (unpaired) electrons. The number of carbonyl (C=O) groups is 2. The minimum absolute atomic E-state index is 0.0578. The summed E-state index contributed by atoms with van der Waals surface area (Å²) in [6, 6.07) is 26.7. The zero-order valence-corrected chi connectivity index (χ0v) is 21.8. The van der Waals surface area contributed by atoms with Gasteiger partial charge < -0.3 is 4.74 Å². The first kappa shape index (κ1) is 25.4. The summed E-state index contributed by atoms with van der Waals surface area (Å²) in [5, 5.41) is 13.8. The molecule has 4 aromatic rings. The zero-order chi connectivity index (χ0) is 27.5. The number of nitrogens with zero attached hydrogens (tertiary/aromatic N) is 3. The van der Waals surface area contributed by atoms with Crippen LogP contribution in [0.25, 0.3) is 16.8 Å². The highest BCUT2D eigenvalue weighted by Gasteiger charge is 2.43. The predicted molar refractivity (Wildman–Crippen MR) is 152 cm³/mol. The Kier molecular flexibility index (Phi) is 7.06. The first-order valence-electron chi connectivity index (χ1n) is 13.4. The molecule has 40 heavy (non-hydrogen) atoms. The van der Waals surface area contributed by atoms with Gasteiger partial charge in [-0.25, -0.2) is 10.1 Å². The van der Waals surface area contributed by atoms with Gasteiger partial charge >= 0.3 is 5.97 Å². The Labute approximate surface area is 231 Å². The summed E-state index contributed by atoms with van der Waals surface area (Å²) >= 11 is 0. The van der Waals surface area contributed by atoms with Gasteiger partial charge in [-0.3, -0.25) is 14.4 Å². The molecule has 1 aliphatic heterocycles. The quantitative estimate of drug-likeness (QED) is 0.358. The van der Waals surface area contributed by atoms with Gasteiger partial charge in [-0.2, -0.15) is 10.2 Å². The molecule has 0 bridgehead atoms. The van der Waals surface area contributed by atoms with Crippen molar-refractivity contribution >= 4 is 34.4 Å². The van der Waals surface area contributed by atoms with E-state index < -0.39 is 12.6 Å². The lowest BCUT2D eigenvalue weighted by atomic mass is 9.77. The first-order valence-corrected chi connectivity index (χ1v) is 13.4. The minimum atomic E-state index is -0.608. The van der Waals surface area contributed by atoms with E-state index in [1.54, 1.807) is 24.3 Å². The van der Waals surface area contributed by atoms with Crippen molar-refractivity contribution in [3.8, 4) is 0 Å². The molecule has 1 fully saturated rings. The summed E-state index contributed by atoms with van der Waals surface area (Å²) < 4.78 is 5.41. The van der Waals surface area contributed by atoms with Gasteiger partial charge in [0.05, 0.1) is 29.3 Å². The van der Waals surface area contributed by atoms with Crippen LogP contribution >= 0.6 is 0 Å². The highest BCUT2D eigenvalue weighted by Crippen LogP contribution is 2.44. The fraction of sp³-hybridized carbons (Fsp3) is 0.219. The number of carbonyl (C=O) groups excluding carboxylic acids is 2. The molecule has 8 nitrogen and oxygen atoms in total. The molecule has 0 saturated heterocycles. The van der Waals surface area contributed by atoms with Crippen LogP contribution in [0.1, 0.15) is 42.1 Å². The van der Waals surface area contributed by atoms with Crippen LogP contribution in [-0.2, 0) is 20.7 Å². The monoisotopic (exact) mass is 532 g/mol. The second kappa shape index (κ2) is 11.1. The summed E-state index contributed by atoms with van der Waals surface area (Å²) in [6.07, 6.45) is 4.79. The number of allylic oxidation sites excluding steroid dienone is 1. The van der Waals surface area contributed by atoms with E-state index in [-0.39, 0.29) is 29.8 Å².